The van der Waals surface area contributed by atoms with Crippen LogP contribution in [-0.4, -0.2) is 55.1 Å². The van der Waals surface area contributed by atoms with Gasteiger partial charge >= 0.3 is 12.0 Å². The Morgan fingerprint density at radius 2 is 1.81 bits per heavy atom. The smallest absolute Gasteiger partial charge is 0.317 e. The molecule has 0 spiro atoms. The van der Waals surface area contributed by atoms with Gasteiger partial charge in [-0.1, -0.05) is 13.8 Å². The molecule has 0 aliphatic heterocycles. The van der Waals surface area contributed by atoms with Crippen LogP contribution in [0.4, 0.5) is 4.79 Å². The fourth-order valence-corrected chi connectivity index (χ4v) is 1.90. The van der Waals surface area contributed by atoms with Gasteiger partial charge < -0.3 is 20.6 Å². The Morgan fingerprint density at radius 1 is 1.19 bits per heavy atom. The normalized spacial score (nSPS) is 13.1. The molecule has 0 saturated heterocycles. The van der Waals surface area contributed by atoms with E-state index in [2.05, 4.69) is 10.6 Å². The van der Waals surface area contributed by atoms with Crippen LogP contribution in [0, 0.1) is 11.8 Å². The van der Waals surface area contributed by atoms with Crippen molar-refractivity contribution in [1.82, 2.24) is 15.5 Å². The van der Waals surface area contributed by atoms with E-state index in [-0.39, 0.29) is 30.2 Å². The van der Waals surface area contributed by atoms with E-state index in [1.807, 2.05) is 6.92 Å². The van der Waals surface area contributed by atoms with Crippen molar-refractivity contribution in [2.75, 3.05) is 27.2 Å². The van der Waals surface area contributed by atoms with E-state index in [9.17, 15) is 14.4 Å². The Kier molecular flexibility index (Phi) is 9.16. The molecule has 0 aromatic rings. The molecule has 7 heteroatoms. The molecule has 2 unspecified atom stereocenters. The maximum absolute atomic E-state index is 11.8. The summed E-state index contributed by atoms with van der Waals surface area (Å²) in [4.78, 5) is 35.1. The lowest BCUT2D eigenvalue weighted by molar-refractivity contribution is -0.137. The molecule has 21 heavy (non-hydrogen) atoms. The first kappa shape index (κ1) is 19.2. The number of carbonyl (C=O) groups excluding carboxylic acids is 2. The number of carboxylic acids is 1. The zero-order valence-corrected chi connectivity index (χ0v) is 13.3. The van der Waals surface area contributed by atoms with Crippen molar-refractivity contribution in [2.45, 2.75) is 33.1 Å². The molecule has 122 valence electrons. The maximum Gasteiger partial charge on any atom is 0.317 e. The molecular formula is C14H27N3O4. The van der Waals surface area contributed by atoms with Crippen LogP contribution in [0.2, 0.25) is 0 Å². The second kappa shape index (κ2) is 10.0. The number of hydrogen-bond acceptors (Lipinski definition) is 3. The van der Waals surface area contributed by atoms with Gasteiger partial charge in [-0.2, -0.15) is 0 Å². The highest BCUT2D eigenvalue weighted by molar-refractivity contribution is 5.79. The van der Waals surface area contributed by atoms with Gasteiger partial charge in [0, 0.05) is 33.6 Å². The highest BCUT2D eigenvalue weighted by atomic mass is 16.4. The number of urea groups is 1. The van der Waals surface area contributed by atoms with Crippen LogP contribution in [0.3, 0.4) is 0 Å². The predicted octanol–water partition coefficient (Wildman–Crippen LogP) is 0.901. The number of carboxylic acid groups (broad SMARTS) is 1. The average molecular weight is 301 g/mol. The molecule has 3 N–H and O–H groups in total. The first-order chi connectivity index (χ1) is 9.77. The van der Waals surface area contributed by atoms with Gasteiger partial charge in [0.25, 0.3) is 0 Å². The number of hydrogen-bond donors (Lipinski definition) is 3. The lowest BCUT2D eigenvalue weighted by Gasteiger charge is -2.21. The summed E-state index contributed by atoms with van der Waals surface area (Å²) in [6.45, 7) is 4.57. The Balaban J connectivity index is 3.92. The Labute approximate surface area is 126 Å². The van der Waals surface area contributed by atoms with Crippen LogP contribution in [0.1, 0.15) is 33.1 Å². The third-order valence-electron chi connectivity index (χ3n) is 3.35. The van der Waals surface area contributed by atoms with Crippen LogP contribution in [0.5, 0.6) is 0 Å². The molecule has 0 aromatic heterocycles. The molecule has 2 atom stereocenters. The lowest BCUT2D eigenvalue weighted by atomic mass is 10.0. The van der Waals surface area contributed by atoms with Crippen LogP contribution in [0.25, 0.3) is 0 Å². The molecule has 7 nitrogen and oxygen atoms in total. The van der Waals surface area contributed by atoms with Crippen molar-refractivity contribution >= 4 is 17.9 Å². The molecule has 0 bridgehead atoms. The monoisotopic (exact) mass is 301 g/mol. The minimum Gasteiger partial charge on any atom is -0.481 e. The summed E-state index contributed by atoms with van der Waals surface area (Å²) in [5, 5.41) is 13.9. The van der Waals surface area contributed by atoms with Crippen molar-refractivity contribution in [3.63, 3.8) is 0 Å². The van der Waals surface area contributed by atoms with E-state index >= 15 is 0 Å². The van der Waals surface area contributed by atoms with Crippen molar-refractivity contribution in [1.29, 1.82) is 0 Å². The summed E-state index contributed by atoms with van der Waals surface area (Å²) >= 11 is 0. The molecule has 0 fully saturated rings. The Hall–Kier alpha value is -1.79. The van der Waals surface area contributed by atoms with Crippen LogP contribution >= 0.6 is 0 Å². The molecule has 0 aliphatic carbocycles. The van der Waals surface area contributed by atoms with E-state index in [0.717, 1.165) is 6.42 Å². The van der Waals surface area contributed by atoms with Gasteiger partial charge in [0.15, 0.2) is 0 Å². The van der Waals surface area contributed by atoms with Crippen LogP contribution < -0.4 is 10.6 Å². The average Bonchev–Trinajstić information content (AvgIpc) is 2.43. The second-order valence-electron chi connectivity index (χ2n) is 5.45. The van der Waals surface area contributed by atoms with Crippen LogP contribution in [0.15, 0.2) is 0 Å². The SMILES string of the molecule is CNC(=O)C(C)CN(C)C(=O)NCCC(C)CCC(=O)O. The lowest BCUT2D eigenvalue weighted by Crippen LogP contribution is -2.42. The van der Waals surface area contributed by atoms with Gasteiger partial charge in [-0.05, 0) is 18.8 Å². The van der Waals surface area contributed by atoms with Gasteiger partial charge in [-0.3, -0.25) is 9.59 Å². The fraction of sp³-hybridized carbons (Fsp3) is 0.786. The third kappa shape index (κ3) is 8.88. The minimum absolute atomic E-state index is 0.100. The summed E-state index contributed by atoms with van der Waals surface area (Å²) < 4.78 is 0. The zero-order valence-electron chi connectivity index (χ0n) is 13.3. The van der Waals surface area contributed by atoms with Crippen molar-refractivity contribution in [2.24, 2.45) is 11.8 Å². The number of amides is 3. The molecule has 0 aromatic carbocycles. The highest BCUT2D eigenvalue weighted by Crippen LogP contribution is 2.09. The van der Waals surface area contributed by atoms with E-state index in [0.29, 0.717) is 19.5 Å². The zero-order chi connectivity index (χ0) is 16.4. The van der Waals surface area contributed by atoms with E-state index in [4.69, 9.17) is 5.11 Å². The second-order valence-corrected chi connectivity index (χ2v) is 5.45. The van der Waals surface area contributed by atoms with E-state index in [1.54, 1.807) is 21.0 Å². The molecule has 0 aliphatic rings. The molecular weight excluding hydrogens is 274 g/mol. The quantitative estimate of drug-likeness (QED) is 0.589. The number of nitrogens with zero attached hydrogens (tertiary/aromatic N) is 1. The third-order valence-corrected chi connectivity index (χ3v) is 3.35. The predicted molar refractivity (Wildman–Crippen MR) is 79.9 cm³/mol. The van der Waals surface area contributed by atoms with Crippen molar-refractivity contribution in [3.05, 3.63) is 0 Å². The summed E-state index contributed by atoms with van der Waals surface area (Å²) in [5.41, 5.74) is 0. The van der Waals surface area contributed by atoms with Gasteiger partial charge in [-0.25, -0.2) is 4.79 Å². The maximum atomic E-state index is 11.8. The summed E-state index contributed by atoms with van der Waals surface area (Å²) in [6.07, 6.45) is 1.49. The summed E-state index contributed by atoms with van der Waals surface area (Å²) in [7, 11) is 3.21. The van der Waals surface area contributed by atoms with Gasteiger partial charge in [0.2, 0.25) is 5.91 Å². The molecule has 0 radical (unpaired) electrons. The minimum atomic E-state index is -0.797. The number of aliphatic carboxylic acids is 1. The Bertz CT molecular complexity index is 360. The summed E-state index contributed by atoms with van der Waals surface area (Å²) in [6, 6.07) is -0.226. The molecule has 0 rings (SSSR count). The number of nitrogens with one attached hydrogen (secondary N) is 2. The van der Waals surface area contributed by atoms with Crippen LogP contribution in [-0.2, 0) is 9.59 Å². The first-order valence-electron chi connectivity index (χ1n) is 7.20. The summed E-state index contributed by atoms with van der Waals surface area (Å²) in [5.74, 6) is -0.914. The molecule has 0 heterocycles. The fourth-order valence-electron chi connectivity index (χ4n) is 1.90. The van der Waals surface area contributed by atoms with Gasteiger partial charge in [0.1, 0.15) is 0 Å². The van der Waals surface area contributed by atoms with Crippen molar-refractivity contribution < 1.29 is 19.5 Å². The first-order valence-corrected chi connectivity index (χ1v) is 7.20. The largest absolute Gasteiger partial charge is 0.481 e. The molecule has 3 amide bonds. The highest BCUT2D eigenvalue weighted by Gasteiger charge is 2.17. The van der Waals surface area contributed by atoms with E-state index < -0.39 is 5.97 Å². The van der Waals surface area contributed by atoms with Gasteiger partial charge in [0.05, 0.1) is 5.92 Å². The van der Waals surface area contributed by atoms with Crippen molar-refractivity contribution in [3.8, 4) is 0 Å². The van der Waals surface area contributed by atoms with Gasteiger partial charge in [-0.15, -0.1) is 0 Å². The van der Waals surface area contributed by atoms with E-state index in [1.165, 1.54) is 4.90 Å². The number of rotatable bonds is 9. The standard InChI is InChI=1S/C14H27N3O4/c1-10(5-6-12(18)19)7-8-16-14(21)17(4)9-11(2)13(20)15-3/h10-11H,5-9H2,1-4H3,(H,15,20)(H,16,21)(H,18,19). The molecule has 0 saturated carbocycles. The topological polar surface area (TPSA) is 98.7 Å². The Morgan fingerprint density at radius 3 is 2.33 bits per heavy atom. The number of carbonyl (C=O) groups is 3.